The van der Waals surface area contributed by atoms with E-state index >= 15 is 0 Å². The number of rotatable bonds is 7. The first kappa shape index (κ1) is 14.8. The molecule has 1 unspecified atom stereocenters. The van der Waals surface area contributed by atoms with Crippen LogP contribution in [0.1, 0.15) is 32.8 Å². The highest BCUT2D eigenvalue weighted by Crippen LogP contribution is 2.28. The van der Waals surface area contributed by atoms with Crippen molar-refractivity contribution in [2.24, 2.45) is 11.7 Å². The van der Waals surface area contributed by atoms with E-state index in [2.05, 4.69) is 26.8 Å². The number of methoxy groups -OCH3 is 1. The lowest BCUT2D eigenvalue weighted by Gasteiger charge is -2.17. The number of ether oxygens (including phenoxy) is 2. The molecule has 1 aromatic rings. The summed E-state index contributed by atoms with van der Waals surface area (Å²) in [6.45, 7) is 7.07. The second-order valence-corrected chi connectivity index (χ2v) is 4.95. The molecule has 0 fully saturated rings. The van der Waals surface area contributed by atoms with Crippen LogP contribution in [0.15, 0.2) is 18.2 Å². The normalized spacial score (nSPS) is 12.6. The Morgan fingerprint density at radius 2 is 1.94 bits per heavy atom. The molecule has 3 heteroatoms. The van der Waals surface area contributed by atoms with E-state index in [4.69, 9.17) is 15.2 Å². The minimum atomic E-state index is 0.178. The molecule has 0 saturated heterocycles. The van der Waals surface area contributed by atoms with Crippen LogP contribution in [-0.2, 0) is 6.42 Å². The maximum Gasteiger partial charge on any atom is 0.161 e. The summed E-state index contributed by atoms with van der Waals surface area (Å²) in [5, 5.41) is 0. The standard InChI is InChI=1S/C15H25NO2/c1-5-8-18-14-7-6-12(10-15(14)17-4)9-13(16)11(2)3/h6-7,10-11,13H,5,8-9,16H2,1-4H3. The first-order chi connectivity index (χ1) is 8.58. The van der Waals surface area contributed by atoms with Gasteiger partial charge in [0, 0.05) is 6.04 Å². The van der Waals surface area contributed by atoms with Gasteiger partial charge in [-0.05, 0) is 36.5 Å². The van der Waals surface area contributed by atoms with Gasteiger partial charge >= 0.3 is 0 Å². The van der Waals surface area contributed by atoms with Crippen molar-refractivity contribution < 1.29 is 9.47 Å². The second-order valence-electron chi connectivity index (χ2n) is 4.95. The molecule has 1 aromatic carbocycles. The Morgan fingerprint density at radius 1 is 1.22 bits per heavy atom. The quantitative estimate of drug-likeness (QED) is 0.810. The smallest absolute Gasteiger partial charge is 0.161 e. The van der Waals surface area contributed by atoms with Crippen LogP contribution in [0, 0.1) is 5.92 Å². The molecule has 0 radical (unpaired) electrons. The van der Waals surface area contributed by atoms with Gasteiger partial charge in [0.05, 0.1) is 13.7 Å². The molecule has 0 spiro atoms. The van der Waals surface area contributed by atoms with Crippen LogP contribution in [0.25, 0.3) is 0 Å². The average Bonchev–Trinajstić information content (AvgIpc) is 2.36. The molecule has 0 aliphatic carbocycles. The Bertz CT molecular complexity index is 364. The van der Waals surface area contributed by atoms with Gasteiger partial charge < -0.3 is 15.2 Å². The van der Waals surface area contributed by atoms with Gasteiger partial charge in [-0.15, -0.1) is 0 Å². The summed E-state index contributed by atoms with van der Waals surface area (Å²) < 4.78 is 11.0. The van der Waals surface area contributed by atoms with Crippen LogP contribution >= 0.6 is 0 Å². The largest absolute Gasteiger partial charge is 0.493 e. The molecular weight excluding hydrogens is 226 g/mol. The highest BCUT2D eigenvalue weighted by molar-refractivity contribution is 5.43. The predicted molar refractivity (Wildman–Crippen MR) is 75.3 cm³/mol. The van der Waals surface area contributed by atoms with E-state index in [1.807, 2.05) is 12.1 Å². The molecule has 1 atom stereocenters. The summed E-state index contributed by atoms with van der Waals surface area (Å²) in [6.07, 6.45) is 1.85. The summed E-state index contributed by atoms with van der Waals surface area (Å²) in [4.78, 5) is 0. The molecule has 0 amide bonds. The number of hydrogen-bond donors (Lipinski definition) is 1. The van der Waals surface area contributed by atoms with Crippen molar-refractivity contribution in [3.63, 3.8) is 0 Å². The van der Waals surface area contributed by atoms with Gasteiger partial charge in [-0.1, -0.05) is 26.8 Å². The Labute approximate surface area is 110 Å². The highest BCUT2D eigenvalue weighted by Gasteiger charge is 2.11. The Hall–Kier alpha value is -1.22. The predicted octanol–water partition coefficient (Wildman–Crippen LogP) is 3.01. The van der Waals surface area contributed by atoms with Crippen LogP contribution in [-0.4, -0.2) is 19.8 Å². The number of nitrogens with two attached hydrogens (primary N) is 1. The van der Waals surface area contributed by atoms with Gasteiger partial charge in [0.1, 0.15) is 0 Å². The van der Waals surface area contributed by atoms with Gasteiger partial charge in [0.15, 0.2) is 11.5 Å². The molecular formula is C15H25NO2. The monoisotopic (exact) mass is 251 g/mol. The summed E-state index contributed by atoms with van der Waals surface area (Å²) in [7, 11) is 1.67. The molecule has 18 heavy (non-hydrogen) atoms. The van der Waals surface area contributed by atoms with Gasteiger partial charge in [-0.2, -0.15) is 0 Å². The van der Waals surface area contributed by atoms with E-state index in [0.717, 1.165) is 24.3 Å². The van der Waals surface area contributed by atoms with E-state index in [1.54, 1.807) is 7.11 Å². The van der Waals surface area contributed by atoms with Gasteiger partial charge in [-0.25, -0.2) is 0 Å². The van der Waals surface area contributed by atoms with Gasteiger partial charge in [0.25, 0.3) is 0 Å². The second kappa shape index (κ2) is 7.27. The molecule has 0 aliphatic heterocycles. The summed E-state index contributed by atoms with van der Waals surface area (Å²) in [5.41, 5.74) is 7.28. The summed E-state index contributed by atoms with van der Waals surface area (Å²) >= 11 is 0. The third kappa shape index (κ3) is 4.22. The van der Waals surface area contributed by atoms with Crippen LogP contribution in [0.3, 0.4) is 0 Å². The lowest BCUT2D eigenvalue weighted by atomic mass is 9.97. The average molecular weight is 251 g/mol. The van der Waals surface area contributed by atoms with Crippen LogP contribution in [0.5, 0.6) is 11.5 Å². The molecule has 3 nitrogen and oxygen atoms in total. The molecule has 2 N–H and O–H groups in total. The number of benzene rings is 1. The van der Waals surface area contributed by atoms with Crippen molar-refractivity contribution in [1.82, 2.24) is 0 Å². The third-order valence-corrected chi connectivity index (χ3v) is 3.02. The lowest BCUT2D eigenvalue weighted by Crippen LogP contribution is -2.28. The molecule has 0 heterocycles. The topological polar surface area (TPSA) is 44.5 Å². The van der Waals surface area contributed by atoms with Crippen molar-refractivity contribution in [3.05, 3.63) is 23.8 Å². The van der Waals surface area contributed by atoms with Crippen molar-refractivity contribution in [2.75, 3.05) is 13.7 Å². The van der Waals surface area contributed by atoms with Gasteiger partial charge in [-0.3, -0.25) is 0 Å². The van der Waals surface area contributed by atoms with Crippen molar-refractivity contribution in [3.8, 4) is 11.5 Å². The SMILES string of the molecule is CCCOc1ccc(CC(N)C(C)C)cc1OC. The Morgan fingerprint density at radius 3 is 2.50 bits per heavy atom. The van der Waals surface area contributed by atoms with Crippen molar-refractivity contribution in [1.29, 1.82) is 0 Å². The fourth-order valence-corrected chi connectivity index (χ4v) is 1.68. The minimum Gasteiger partial charge on any atom is -0.493 e. The molecule has 0 aliphatic rings. The lowest BCUT2D eigenvalue weighted by molar-refractivity contribution is 0.294. The van der Waals surface area contributed by atoms with Crippen molar-refractivity contribution in [2.45, 2.75) is 39.7 Å². The maximum absolute atomic E-state index is 6.09. The fourth-order valence-electron chi connectivity index (χ4n) is 1.68. The maximum atomic E-state index is 6.09. The molecule has 0 bridgehead atoms. The van der Waals surface area contributed by atoms with Crippen LogP contribution in [0.2, 0.25) is 0 Å². The highest BCUT2D eigenvalue weighted by atomic mass is 16.5. The fraction of sp³-hybridized carbons (Fsp3) is 0.600. The summed E-state index contributed by atoms with van der Waals surface area (Å²) in [5.74, 6) is 2.07. The van der Waals surface area contributed by atoms with E-state index in [0.29, 0.717) is 12.5 Å². The minimum absolute atomic E-state index is 0.178. The zero-order chi connectivity index (χ0) is 13.5. The molecule has 0 saturated carbocycles. The first-order valence-corrected chi connectivity index (χ1v) is 6.63. The Kier molecular flexibility index (Phi) is 5.99. The molecule has 1 rings (SSSR count). The zero-order valence-electron chi connectivity index (χ0n) is 11.9. The Balaban J connectivity index is 2.78. The van der Waals surface area contributed by atoms with E-state index in [9.17, 15) is 0 Å². The molecule has 0 aromatic heterocycles. The number of hydrogen-bond acceptors (Lipinski definition) is 3. The van der Waals surface area contributed by atoms with Crippen LogP contribution in [0.4, 0.5) is 0 Å². The first-order valence-electron chi connectivity index (χ1n) is 6.63. The molecule has 102 valence electrons. The summed E-state index contributed by atoms with van der Waals surface area (Å²) in [6, 6.07) is 6.23. The van der Waals surface area contributed by atoms with E-state index in [-0.39, 0.29) is 6.04 Å². The van der Waals surface area contributed by atoms with Crippen molar-refractivity contribution >= 4 is 0 Å². The van der Waals surface area contributed by atoms with E-state index < -0.39 is 0 Å². The van der Waals surface area contributed by atoms with E-state index in [1.165, 1.54) is 5.56 Å². The van der Waals surface area contributed by atoms with Gasteiger partial charge in [0.2, 0.25) is 0 Å². The zero-order valence-corrected chi connectivity index (χ0v) is 11.9. The third-order valence-electron chi connectivity index (χ3n) is 3.02. The van der Waals surface area contributed by atoms with Crippen LogP contribution < -0.4 is 15.2 Å².